The van der Waals surface area contributed by atoms with Crippen molar-refractivity contribution in [2.75, 3.05) is 32.8 Å². The van der Waals surface area contributed by atoms with Crippen molar-refractivity contribution in [1.29, 1.82) is 0 Å². The van der Waals surface area contributed by atoms with E-state index in [-0.39, 0.29) is 31.5 Å². The Kier molecular flexibility index (Phi) is 6.33. The number of rotatable bonds is 6. The number of aliphatic hydroxyl groups is 1. The molecule has 158 valence electrons. The lowest BCUT2D eigenvalue weighted by atomic mass is 9.97. The van der Waals surface area contributed by atoms with E-state index in [1.165, 1.54) is 22.3 Å². The quantitative estimate of drug-likeness (QED) is 0.770. The maximum Gasteiger partial charge on any atom is 0.407 e. The second-order valence-electron chi connectivity index (χ2n) is 8.00. The normalized spacial score (nSPS) is 16.1. The number of nitrogens with zero attached hydrogens (tertiary/aromatic N) is 1. The van der Waals surface area contributed by atoms with E-state index < -0.39 is 6.09 Å². The number of fused-ring (bicyclic) bond motifs is 3. The fourth-order valence-corrected chi connectivity index (χ4v) is 4.47. The molecule has 1 fully saturated rings. The molecule has 4 rings (SSSR count). The Labute approximate surface area is 176 Å². The van der Waals surface area contributed by atoms with Gasteiger partial charge in [-0.25, -0.2) is 4.79 Å². The lowest BCUT2D eigenvalue weighted by Gasteiger charge is -2.31. The van der Waals surface area contributed by atoms with Crippen molar-refractivity contribution in [2.24, 2.45) is 5.92 Å². The van der Waals surface area contributed by atoms with E-state index >= 15 is 0 Å². The molecule has 0 atom stereocenters. The molecule has 0 radical (unpaired) electrons. The number of amides is 2. The number of hydrogen-bond acceptors (Lipinski definition) is 4. The Hall–Kier alpha value is -2.86. The van der Waals surface area contributed by atoms with Crippen molar-refractivity contribution in [2.45, 2.75) is 25.2 Å². The largest absolute Gasteiger partial charge is 0.449 e. The molecule has 0 saturated carbocycles. The number of aliphatic hydroxyl groups excluding tert-OH is 1. The van der Waals surface area contributed by atoms with Gasteiger partial charge in [0.25, 0.3) is 0 Å². The summed E-state index contributed by atoms with van der Waals surface area (Å²) in [6.07, 6.45) is 1.34. The van der Waals surface area contributed by atoms with E-state index in [0.717, 1.165) is 12.8 Å². The number of benzene rings is 2. The van der Waals surface area contributed by atoms with Gasteiger partial charge in [0.2, 0.25) is 5.91 Å². The summed E-state index contributed by atoms with van der Waals surface area (Å²) < 4.78 is 5.24. The summed E-state index contributed by atoms with van der Waals surface area (Å²) in [6.45, 7) is 2.03. The fourth-order valence-electron chi connectivity index (χ4n) is 4.47. The number of carbonyl (C=O) groups is 2. The Balaban J connectivity index is 1.24. The second-order valence-corrected chi connectivity index (χ2v) is 8.00. The van der Waals surface area contributed by atoms with Crippen LogP contribution in [0.5, 0.6) is 0 Å². The minimum Gasteiger partial charge on any atom is -0.449 e. The van der Waals surface area contributed by atoms with Gasteiger partial charge in [-0.05, 0) is 41.0 Å². The molecular weight excluding hydrogens is 380 g/mol. The Bertz CT molecular complexity index is 860. The van der Waals surface area contributed by atoms with Gasteiger partial charge in [-0.15, -0.1) is 0 Å². The van der Waals surface area contributed by atoms with Crippen LogP contribution in [0, 0.1) is 5.92 Å². The third-order valence-corrected chi connectivity index (χ3v) is 6.19. The molecule has 0 spiro atoms. The molecule has 1 aliphatic heterocycles. The first-order valence-electron chi connectivity index (χ1n) is 10.6. The van der Waals surface area contributed by atoms with Gasteiger partial charge in [0.1, 0.15) is 6.61 Å². The van der Waals surface area contributed by atoms with E-state index in [0.29, 0.717) is 25.6 Å². The molecule has 0 bridgehead atoms. The third kappa shape index (κ3) is 4.33. The molecule has 2 aromatic rings. The van der Waals surface area contributed by atoms with Crippen LogP contribution in [0.25, 0.3) is 11.1 Å². The third-order valence-electron chi connectivity index (χ3n) is 6.19. The zero-order chi connectivity index (χ0) is 20.9. The summed E-state index contributed by atoms with van der Waals surface area (Å²) in [6, 6.07) is 16.5. The summed E-state index contributed by atoms with van der Waals surface area (Å²) in [5.41, 5.74) is 4.84. The molecule has 0 unspecified atom stereocenters. The Morgan fingerprint density at radius 2 is 1.60 bits per heavy atom. The predicted molar refractivity (Wildman–Crippen MR) is 114 cm³/mol. The molecule has 1 aliphatic carbocycles. The first kappa shape index (κ1) is 20.4. The summed E-state index contributed by atoms with van der Waals surface area (Å²) in [4.78, 5) is 26.2. The number of likely N-dealkylation sites (tertiary alicyclic amines) is 1. The molecule has 6 nitrogen and oxygen atoms in total. The monoisotopic (exact) mass is 408 g/mol. The summed E-state index contributed by atoms with van der Waals surface area (Å²) in [5.74, 6) is 0.388. The fraction of sp³-hybridized carbons (Fsp3) is 0.417. The van der Waals surface area contributed by atoms with Gasteiger partial charge >= 0.3 is 6.09 Å². The van der Waals surface area contributed by atoms with Gasteiger partial charge in [-0.1, -0.05) is 48.5 Å². The van der Waals surface area contributed by atoms with Crippen LogP contribution in [0.2, 0.25) is 0 Å². The number of hydrogen-bond donors (Lipinski definition) is 2. The minimum absolute atomic E-state index is 0.00200. The SMILES string of the molecule is O=C(NCC1c2ccccc2-c2ccccc21)OCCC(=O)N1CCC(CO)CC1. The van der Waals surface area contributed by atoms with Crippen LogP contribution in [-0.2, 0) is 9.53 Å². The Morgan fingerprint density at radius 1 is 1.00 bits per heavy atom. The summed E-state index contributed by atoms with van der Waals surface area (Å²) in [5, 5.41) is 12.0. The van der Waals surface area contributed by atoms with E-state index in [2.05, 4.69) is 29.6 Å². The zero-order valence-electron chi connectivity index (χ0n) is 17.0. The van der Waals surface area contributed by atoms with E-state index in [1.807, 2.05) is 24.3 Å². The van der Waals surface area contributed by atoms with E-state index in [4.69, 9.17) is 4.74 Å². The van der Waals surface area contributed by atoms with Crippen LogP contribution in [0.3, 0.4) is 0 Å². The first-order chi connectivity index (χ1) is 14.7. The zero-order valence-corrected chi connectivity index (χ0v) is 17.0. The lowest BCUT2D eigenvalue weighted by Crippen LogP contribution is -2.39. The average molecular weight is 408 g/mol. The number of piperidine rings is 1. The van der Waals surface area contributed by atoms with Crippen LogP contribution >= 0.6 is 0 Å². The molecule has 0 aromatic heterocycles. The molecule has 1 heterocycles. The van der Waals surface area contributed by atoms with Crippen molar-refractivity contribution >= 4 is 12.0 Å². The van der Waals surface area contributed by atoms with Crippen LogP contribution in [0.4, 0.5) is 4.79 Å². The maximum atomic E-state index is 12.3. The molecule has 2 aliphatic rings. The topological polar surface area (TPSA) is 78.9 Å². The highest BCUT2D eigenvalue weighted by molar-refractivity contribution is 5.79. The lowest BCUT2D eigenvalue weighted by molar-refractivity contribution is -0.133. The van der Waals surface area contributed by atoms with Gasteiger partial charge in [0.05, 0.1) is 6.42 Å². The second kappa shape index (κ2) is 9.30. The van der Waals surface area contributed by atoms with Gasteiger partial charge in [0.15, 0.2) is 0 Å². The smallest absolute Gasteiger partial charge is 0.407 e. The van der Waals surface area contributed by atoms with Crippen molar-refractivity contribution < 1.29 is 19.4 Å². The van der Waals surface area contributed by atoms with Crippen molar-refractivity contribution in [1.82, 2.24) is 10.2 Å². The number of alkyl carbamates (subject to hydrolysis) is 1. The van der Waals surface area contributed by atoms with Crippen LogP contribution in [-0.4, -0.2) is 54.9 Å². The van der Waals surface area contributed by atoms with Gasteiger partial charge in [0, 0.05) is 32.2 Å². The van der Waals surface area contributed by atoms with Crippen LogP contribution < -0.4 is 5.32 Å². The van der Waals surface area contributed by atoms with Crippen molar-refractivity contribution in [3.8, 4) is 11.1 Å². The molecule has 30 heavy (non-hydrogen) atoms. The maximum absolute atomic E-state index is 12.3. The van der Waals surface area contributed by atoms with Crippen LogP contribution in [0.1, 0.15) is 36.3 Å². The van der Waals surface area contributed by atoms with Crippen molar-refractivity contribution in [3.63, 3.8) is 0 Å². The summed E-state index contributed by atoms with van der Waals surface area (Å²) >= 11 is 0. The van der Waals surface area contributed by atoms with Gasteiger partial charge < -0.3 is 20.1 Å². The van der Waals surface area contributed by atoms with Gasteiger partial charge in [-0.3, -0.25) is 4.79 Å². The number of carbonyl (C=O) groups excluding carboxylic acids is 2. The minimum atomic E-state index is -0.497. The van der Waals surface area contributed by atoms with E-state index in [1.54, 1.807) is 4.90 Å². The Morgan fingerprint density at radius 3 is 2.20 bits per heavy atom. The molecule has 2 N–H and O–H groups in total. The highest BCUT2D eigenvalue weighted by Crippen LogP contribution is 2.44. The highest BCUT2D eigenvalue weighted by Gasteiger charge is 2.28. The summed E-state index contributed by atoms with van der Waals surface area (Å²) in [7, 11) is 0. The molecule has 2 aromatic carbocycles. The van der Waals surface area contributed by atoms with Gasteiger partial charge in [-0.2, -0.15) is 0 Å². The highest BCUT2D eigenvalue weighted by atomic mass is 16.5. The molecule has 1 saturated heterocycles. The standard InChI is InChI=1S/C24H28N2O4/c27-16-17-9-12-26(13-10-17)23(28)11-14-30-24(29)25-15-22-20-7-3-1-5-18(20)19-6-2-4-8-21(19)22/h1-8,17,22,27H,9-16H2,(H,25,29). The number of nitrogens with one attached hydrogen (secondary N) is 1. The average Bonchev–Trinajstić information content (AvgIpc) is 3.11. The molecule has 6 heteroatoms. The van der Waals surface area contributed by atoms with Crippen LogP contribution in [0.15, 0.2) is 48.5 Å². The predicted octanol–water partition coefficient (Wildman–Crippen LogP) is 3.15. The first-order valence-corrected chi connectivity index (χ1v) is 10.6. The molecule has 2 amide bonds. The van der Waals surface area contributed by atoms with Crippen molar-refractivity contribution in [3.05, 3.63) is 59.7 Å². The number of ether oxygens (including phenoxy) is 1. The van der Waals surface area contributed by atoms with E-state index in [9.17, 15) is 14.7 Å². The molecular formula is C24H28N2O4.